The molecular weight excluding hydrogens is 188 g/mol. The second kappa shape index (κ2) is 4.97. The predicted molar refractivity (Wildman–Crippen MR) is 60.3 cm³/mol. The SMILES string of the molecule is NC1CCC(NC(=O)CC2CCCC2)C1. The van der Waals surface area contributed by atoms with Gasteiger partial charge in [-0.1, -0.05) is 12.8 Å². The van der Waals surface area contributed by atoms with Gasteiger partial charge in [-0.25, -0.2) is 0 Å². The minimum absolute atomic E-state index is 0.251. The number of carbonyl (C=O) groups excluding carboxylic acids is 1. The third kappa shape index (κ3) is 3.20. The molecule has 0 aliphatic heterocycles. The molecule has 0 bridgehead atoms. The standard InChI is InChI=1S/C12H22N2O/c13-10-5-6-11(8-10)14-12(15)7-9-3-1-2-4-9/h9-11H,1-8,13H2,(H,14,15). The van der Waals surface area contributed by atoms with Crippen LogP contribution in [0.4, 0.5) is 0 Å². The van der Waals surface area contributed by atoms with Crippen LogP contribution < -0.4 is 11.1 Å². The zero-order chi connectivity index (χ0) is 10.7. The van der Waals surface area contributed by atoms with E-state index in [2.05, 4.69) is 5.32 Å². The lowest BCUT2D eigenvalue weighted by Gasteiger charge is -2.14. The lowest BCUT2D eigenvalue weighted by atomic mass is 10.0. The topological polar surface area (TPSA) is 55.1 Å². The van der Waals surface area contributed by atoms with Crippen molar-refractivity contribution in [2.24, 2.45) is 11.7 Å². The van der Waals surface area contributed by atoms with Crippen LogP contribution >= 0.6 is 0 Å². The third-order valence-electron chi connectivity index (χ3n) is 3.79. The molecule has 3 nitrogen and oxygen atoms in total. The summed E-state index contributed by atoms with van der Waals surface area (Å²) in [5.74, 6) is 0.904. The zero-order valence-corrected chi connectivity index (χ0v) is 9.37. The fraction of sp³-hybridized carbons (Fsp3) is 0.917. The lowest BCUT2D eigenvalue weighted by Crippen LogP contribution is -2.34. The van der Waals surface area contributed by atoms with Crippen LogP contribution in [-0.4, -0.2) is 18.0 Å². The van der Waals surface area contributed by atoms with E-state index < -0.39 is 0 Å². The van der Waals surface area contributed by atoms with Gasteiger partial charge >= 0.3 is 0 Å². The minimum Gasteiger partial charge on any atom is -0.353 e. The van der Waals surface area contributed by atoms with Gasteiger partial charge in [0.05, 0.1) is 0 Å². The quantitative estimate of drug-likeness (QED) is 0.742. The molecule has 0 aromatic rings. The van der Waals surface area contributed by atoms with Crippen molar-refractivity contribution in [1.29, 1.82) is 0 Å². The summed E-state index contributed by atoms with van der Waals surface area (Å²) < 4.78 is 0. The third-order valence-corrected chi connectivity index (χ3v) is 3.79. The maximum Gasteiger partial charge on any atom is 0.220 e. The van der Waals surface area contributed by atoms with E-state index in [9.17, 15) is 4.79 Å². The number of nitrogens with two attached hydrogens (primary N) is 1. The van der Waals surface area contributed by atoms with E-state index in [-0.39, 0.29) is 5.91 Å². The second-order valence-corrected chi connectivity index (χ2v) is 5.19. The summed E-state index contributed by atoms with van der Waals surface area (Å²) in [5, 5.41) is 3.12. The summed E-state index contributed by atoms with van der Waals surface area (Å²) in [5.41, 5.74) is 5.81. The van der Waals surface area contributed by atoms with E-state index in [1.807, 2.05) is 0 Å². The van der Waals surface area contributed by atoms with Gasteiger partial charge in [-0.3, -0.25) is 4.79 Å². The largest absolute Gasteiger partial charge is 0.353 e. The Balaban J connectivity index is 1.67. The van der Waals surface area contributed by atoms with Crippen LogP contribution in [0.2, 0.25) is 0 Å². The lowest BCUT2D eigenvalue weighted by molar-refractivity contribution is -0.122. The van der Waals surface area contributed by atoms with Crippen molar-refractivity contribution in [3.05, 3.63) is 0 Å². The van der Waals surface area contributed by atoms with Gasteiger partial charge in [-0.15, -0.1) is 0 Å². The molecule has 0 saturated heterocycles. The first kappa shape index (κ1) is 10.9. The number of amides is 1. The first-order chi connectivity index (χ1) is 7.24. The molecule has 2 atom stereocenters. The molecule has 1 amide bonds. The first-order valence-electron chi connectivity index (χ1n) is 6.29. The van der Waals surface area contributed by atoms with Gasteiger partial charge in [0.2, 0.25) is 5.91 Å². The van der Waals surface area contributed by atoms with Gasteiger partial charge in [-0.05, 0) is 38.0 Å². The summed E-state index contributed by atoms with van der Waals surface area (Å²) >= 11 is 0. The minimum atomic E-state index is 0.251. The van der Waals surface area contributed by atoms with E-state index >= 15 is 0 Å². The Labute approximate surface area is 91.8 Å². The molecule has 2 saturated carbocycles. The molecular formula is C12H22N2O. The molecule has 2 aliphatic rings. The van der Waals surface area contributed by atoms with Crippen LogP contribution in [0.1, 0.15) is 51.4 Å². The Hall–Kier alpha value is -0.570. The van der Waals surface area contributed by atoms with Crippen LogP contribution in [0.3, 0.4) is 0 Å². The average molecular weight is 210 g/mol. The van der Waals surface area contributed by atoms with Crippen molar-refractivity contribution in [1.82, 2.24) is 5.32 Å². The van der Waals surface area contributed by atoms with Gasteiger partial charge in [0.15, 0.2) is 0 Å². The van der Waals surface area contributed by atoms with Crippen LogP contribution in [0.15, 0.2) is 0 Å². The highest BCUT2D eigenvalue weighted by Gasteiger charge is 2.24. The molecule has 2 aliphatic carbocycles. The van der Waals surface area contributed by atoms with Crippen LogP contribution in [0.5, 0.6) is 0 Å². The molecule has 3 N–H and O–H groups in total. The molecule has 2 rings (SSSR count). The number of nitrogens with one attached hydrogen (secondary N) is 1. The monoisotopic (exact) mass is 210 g/mol. The molecule has 3 heteroatoms. The Morgan fingerprint density at radius 2 is 1.93 bits per heavy atom. The Morgan fingerprint density at radius 3 is 2.53 bits per heavy atom. The van der Waals surface area contributed by atoms with Crippen LogP contribution in [0, 0.1) is 5.92 Å². The molecule has 0 aromatic heterocycles. The Kier molecular flexibility index (Phi) is 3.62. The van der Waals surface area contributed by atoms with Crippen LogP contribution in [0.25, 0.3) is 0 Å². The summed E-state index contributed by atoms with van der Waals surface area (Å²) in [4.78, 5) is 11.7. The number of hydrogen-bond donors (Lipinski definition) is 2. The van der Waals surface area contributed by atoms with E-state index in [0.29, 0.717) is 18.0 Å². The van der Waals surface area contributed by atoms with E-state index in [4.69, 9.17) is 5.73 Å². The van der Waals surface area contributed by atoms with Gasteiger partial charge in [-0.2, -0.15) is 0 Å². The van der Waals surface area contributed by atoms with E-state index in [1.165, 1.54) is 25.7 Å². The van der Waals surface area contributed by atoms with Crippen molar-refractivity contribution in [2.45, 2.75) is 63.5 Å². The zero-order valence-electron chi connectivity index (χ0n) is 9.37. The molecule has 0 spiro atoms. The van der Waals surface area contributed by atoms with Crippen molar-refractivity contribution in [3.8, 4) is 0 Å². The second-order valence-electron chi connectivity index (χ2n) is 5.19. The molecule has 2 unspecified atom stereocenters. The van der Waals surface area contributed by atoms with Gasteiger partial charge in [0.25, 0.3) is 0 Å². The molecule has 2 fully saturated rings. The summed E-state index contributed by atoms with van der Waals surface area (Å²) in [6.07, 6.45) is 8.96. The normalized spacial score (nSPS) is 32.1. The summed E-state index contributed by atoms with van der Waals surface area (Å²) in [6.45, 7) is 0. The van der Waals surface area contributed by atoms with Gasteiger partial charge in [0, 0.05) is 18.5 Å². The smallest absolute Gasteiger partial charge is 0.220 e. The van der Waals surface area contributed by atoms with Gasteiger partial charge < -0.3 is 11.1 Å². The van der Waals surface area contributed by atoms with E-state index in [1.54, 1.807) is 0 Å². The first-order valence-corrected chi connectivity index (χ1v) is 6.29. The number of rotatable bonds is 3. The Morgan fingerprint density at radius 1 is 1.20 bits per heavy atom. The summed E-state index contributed by atoms with van der Waals surface area (Å²) in [6, 6.07) is 0.663. The highest BCUT2D eigenvalue weighted by Crippen LogP contribution is 2.27. The molecule has 86 valence electrons. The summed E-state index contributed by atoms with van der Waals surface area (Å²) in [7, 11) is 0. The molecule has 0 radical (unpaired) electrons. The Bertz CT molecular complexity index is 224. The molecule has 0 aromatic carbocycles. The fourth-order valence-electron chi connectivity index (χ4n) is 2.91. The van der Waals surface area contributed by atoms with Crippen molar-refractivity contribution in [2.75, 3.05) is 0 Å². The van der Waals surface area contributed by atoms with Crippen molar-refractivity contribution < 1.29 is 4.79 Å². The molecule has 15 heavy (non-hydrogen) atoms. The number of carbonyl (C=O) groups is 1. The van der Waals surface area contributed by atoms with Crippen molar-refractivity contribution >= 4 is 5.91 Å². The molecule has 0 heterocycles. The van der Waals surface area contributed by atoms with E-state index in [0.717, 1.165) is 25.7 Å². The maximum atomic E-state index is 11.7. The number of hydrogen-bond acceptors (Lipinski definition) is 2. The highest BCUT2D eigenvalue weighted by molar-refractivity contribution is 5.76. The maximum absolute atomic E-state index is 11.7. The average Bonchev–Trinajstić information content (AvgIpc) is 2.77. The fourth-order valence-corrected chi connectivity index (χ4v) is 2.91. The van der Waals surface area contributed by atoms with Crippen LogP contribution in [-0.2, 0) is 4.79 Å². The van der Waals surface area contributed by atoms with Crippen molar-refractivity contribution in [3.63, 3.8) is 0 Å². The highest BCUT2D eigenvalue weighted by atomic mass is 16.1. The predicted octanol–water partition coefficient (Wildman–Crippen LogP) is 1.56. The van der Waals surface area contributed by atoms with Gasteiger partial charge in [0.1, 0.15) is 0 Å².